The minimum Gasteiger partial charge on any atom is -0.478 e. The maximum Gasteiger partial charge on any atom is 0.335 e. The first-order valence-corrected chi connectivity index (χ1v) is 10.8. The predicted molar refractivity (Wildman–Crippen MR) is 126 cm³/mol. The molecule has 0 aliphatic heterocycles. The van der Waals surface area contributed by atoms with Gasteiger partial charge in [-0.3, -0.25) is 14.5 Å². The van der Waals surface area contributed by atoms with Crippen molar-refractivity contribution in [3.8, 4) is 0 Å². The van der Waals surface area contributed by atoms with Crippen LogP contribution in [0.25, 0.3) is 0 Å². The van der Waals surface area contributed by atoms with Gasteiger partial charge < -0.3 is 16.2 Å². The average Bonchev–Trinajstić information content (AvgIpc) is 2.79. The van der Waals surface area contributed by atoms with Crippen LogP contribution in [-0.2, 0) is 24.4 Å². The lowest BCUT2D eigenvalue weighted by Gasteiger charge is -2.21. The van der Waals surface area contributed by atoms with E-state index in [9.17, 15) is 23.9 Å². The van der Waals surface area contributed by atoms with Crippen LogP contribution < -0.4 is 11.1 Å². The number of halogens is 1. The highest BCUT2D eigenvalue weighted by Gasteiger charge is 2.15. The highest BCUT2D eigenvalue weighted by molar-refractivity contribution is 5.92. The summed E-state index contributed by atoms with van der Waals surface area (Å²) in [6.45, 7) is 4.03. The van der Waals surface area contributed by atoms with Gasteiger partial charge in [0.15, 0.2) is 0 Å². The van der Waals surface area contributed by atoms with Crippen LogP contribution in [0.5, 0.6) is 0 Å². The Kier molecular flexibility index (Phi) is 8.21. The molecule has 0 aliphatic rings. The third-order valence-electron chi connectivity index (χ3n) is 5.32. The maximum absolute atomic E-state index is 13.4. The first kappa shape index (κ1) is 25.4. The largest absolute Gasteiger partial charge is 0.478 e. The quantitative estimate of drug-likeness (QED) is 0.406. The fourth-order valence-corrected chi connectivity index (χ4v) is 3.64. The molecule has 0 atom stereocenters. The Morgan fingerprint density at radius 3 is 2.37 bits per heavy atom. The lowest BCUT2D eigenvalue weighted by atomic mass is 10.0. The van der Waals surface area contributed by atoms with E-state index in [0.717, 1.165) is 11.1 Å². The molecular weight excluding hydrogens is 453 g/mol. The van der Waals surface area contributed by atoms with Gasteiger partial charge in [-0.2, -0.15) is 0 Å². The summed E-state index contributed by atoms with van der Waals surface area (Å²) in [4.78, 5) is 45.4. The van der Waals surface area contributed by atoms with Crippen LogP contribution in [0.3, 0.4) is 0 Å². The van der Waals surface area contributed by atoms with Crippen LogP contribution in [0.4, 0.5) is 4.39 Å². The number of carbonyl (C=O) groups excluding carboxylic acids is 2. The Bertz CT molecular complexity index is 1260. The molecular formula is C25H26FN5O4. The molecule has 4 N–H and O–H groups in total. The number of nitrogens with one attached hydrogen (secondary N) is 1. The Morgan fingerprint density at radius 1 is 1.00 bits per heavy atom. The zero-order chi connectivity index (χ0) is 25.5. The summed E-state index contributed by atoms with van der Waals surface area (Å²) < 4.78 is 13.4. The van der Waals surface area contributed by atoms with Gasteiger partial charge in [-0.1, -0.05) is 24.3 Å². The number of carboxylic acid groups (broad SMARTS) is 1. The van der Waals surface area contributed by atoms with Gasteiger partial charge in [0.2, 0.25) is 5.91 Å². The second kappa shape index (κ2) is 11.3. The monoisotopic (exact) mass is 479 g/mol. The summed E-state index contributed by atoms with van der Waals surface area (Å²) >= 11 is 0. The number of nitrogens with zero attached hydrogens (tertiary/aromatic N) is 3. The molecule has 0 aliphatic carbocycles. The highest BCUT2D eigenvalue weighted by atomic mass is 19.1. The maximum atomic E-state index is 13.4. The van der Waals surface area contributed by atoms with Gasteiger partial charge in [-0.15, -0.1) is 0 Å². The number of aromatic carboxylic acids is 1. The second-order valence-electron chi connectivity index (χ2n) is 8.23. The molecule has 0 spiro atoms. The van der Waals surface area contributed by atoms with Crippen molar-refractivity contribution in [1.29, 1.82) is 0 Å². The van der Waals surface area contributed by atoms with E-state index in [1.165, 1.54) is 24.5 Å². The first-order valence-electron chi connectivity index (χ1n) is 10.8. The minimum atomic E-state index is -1.01. The molecule has 0 saturated carbocycles. The highest BCUT2D eigenvalue weighted by Crippen LogP contribution is 2.15. The summed E-state index contributed by atoms with van der Waals surface area (Å²) in [6.07, 6.45) is 1.26. The van der Waals surface area contributed by atoms with E-state index in [2.05, 4.69) is 15.3 Å². The molecule has 2 aromatic carbocycles. The third kappa shape index (κ3) is 7.15. The molecule has 0 saturated heterocycles. The van der Waals surface area contributed by atoms with E-state index >= 15 is 0 Å². The minimum absolute atomic E-state index is 0.0603. The molecule has 1 heterocycles. The molecule has 3 aromatic rings. The summed E-state index contributed by atoms with van der Waals surface area (Å²) in [6, 6.07) is 11.1. The van der Waals surface area contributed by atoms with Gasteiger partial charge >= 0.3 is 5.97 Å². The van der Waals surface area contributed by atoms with E-state index in [4.69, 9.17) is 5.73 Å². The fraction of sp³-hybridized carbons (Fsp3) is 0.240. The Labute approximate surface area is 201 Å². The number of benzene rings is 2. The Balaban J connectivity index is 1.70. The Hall–Kier alpha value is -4.18. The number of amides is 2. The normalized spacial score (nSPS) is 10.9. The summed E-state index contributed by atoms with van der Waals surface area (Å²) in [5, 5.41) is 12.0. The van der Waals surface area contributed by atoms with Crippen molar-refractivity contribution < 1.29 is 23.9 Å². The van der Waals surface area contributed by atoms with Gasteiger partial charge in [-0.25, -0.2) is 19.2 Å². The molecule has 0 unspecified atom stereocenters. The number of carboxylic acids is 1. The SMILES string of the molecule is Cc1cc(CNC(=O)c2cc(CN(CC(N)=O)Cc3ccc(C(=O)O)c(C)c3)ncn2)ccc1F. The van der Waals surface area contributed by atoms with E-state index in [1.54, 1.807) is 43.0 Å². The van der Waals surface area contributed by atoms with Gasteiger partial charge in [-0.05, 0) is 54.3 Å². The van der Waals surface area contributed by atoms with E-state index < -0.39 is 17.8 Å². The third-order valence-corrected chi connectivity index (χ3v) is 5.32. The molecule has 0 radical (unpaired) electrons. The zero-order valence-electron chi connectivity index (χ0n) is 19.4. The molecule has 35 heavy (non-hydrogen) atoms. The number of primary amides is 1. The fourth-order valence-electron chi connectivity index (χ4n) is 3.64. The lowest BCUT2D eigenvalue weighted by Crippen LogP contribution is -2.33. The van der Waals surface area contributed by atoms with Crippen LogP contribution in [0, 0.1) is 19.7 Å². The molecule has 2 amide bonds. The van der Waals surface area contributed by atoms with Crippen LogP contribution in [0.1, 0.15) is 48.8 Å². The van der Waals surface area contributed by atoms with Crippen molar-refractivity contribution in [3.05, 3.63) is 93.8 Å². The predicted octanol–water partition coefficient (Wildman–Crippen LogP) is 2.35. The molecule has 0 fully saturated rings. The topological polar surface area (TPSA) is 139 Å². The van der Waals surface area contributed by atoms with Crippen molar-refractivity contribution in [2.75, 3.05) is 6.54 Å². The molecule has 10 heteroatoms. The first-order chi connectivity index (χ1) is 16.6. The van der Waals surface area contributed by atoms with E-state index in [-0.39, 0.29) is 36.7 Å². The Morgan fingerprint density at radius 2 is 1.71 bits per heavy atom. The lowest BCUT2D eigenvalue weighted by molar-refractivity contribution is -0.119. The number of hydrogen-bond acceptors (Lipinski definition) is 6. The number of carbonyl (C=O) groups is 3. The summed E-state index contributed by atoms with van der Waals surface area (Å²) in [5.41, 5.74) is 8.91. The van der Waals surface area contributed by atoms with Gasteiger partial charge in [0.1, 0.15) is 17.8 Å². The van der Waals surface area contributed by atoms with Crippen LogP contribution >= 0.6 is 0 Å². The number of aromatic nitrogens is 2. The molecule has 0 bridgehead atoms. The molecule has 1 aromatic heterocycles. The van der Waals surface area contributed by atoms with Crippen molar-refractivity contribution in [3.63, 3.8) is 0 Å². The van der Waals surface area contributed by atoms with Gasteiger partial charge in [0, 0.05) is 19.6 Å². The smallest absolute Gasteiger partial charge is 0.335 e. The van der Waals surface area contributed by atoms with Crippen molar-refractivity contribution in [2.24, 2.45) is 5.73 Å². The van der Waals surface area contributed by atoms with Crippen molar-refractivity contribution in [1.82, 2.24) is 20.2 Å². The van der Waals surface area contributed by atoms with Gasteiger partial charge in [0.25, 0.3) is 5.91 Å². The molecule has 182 valence electrons. The van der Waals surface area contributed by atoms with Gasteiger partial charge in [0.05, 0.1) is 17.8 Å². The average molecular weight is 480 g/mol. The zero-order valence-corrected chi connectivity index (χ0v) is 19.4. The van der Waals surface area contributed by atoms with Crippen molar-refractivity contribution in [2.45, 2.75) is 33.5 Å². The van der Waals surface area contributed by atoms with E-state index in [1.807, 2.05) is 0 Å². The molecule has 9 nitrogen and oxygen atoms in total. The second-order valence-corrected chi connectivity index (χ2v) is 8.23. The van der Waals surface area contributed by atoms with Crippen LogP contribution in [0.2, 0.25) is 0 Å². The number of rotatable bonds is 10. The molecule has 3 rings (SSSR count). The van der Waals surface area contributed by atoms with Crippen LogP contribution in [-0.4, -0.2) is 44.3 Å². The van der Waals surface area contributed by atoms with Crippen molar-refractivity contribution >= 4 is 17.8 Å². The number of hydrogen-bond donors (Lipinski definition) is 3. The summed E-state index contributed by atoms with van der Waals surface area (Å²) in [7, 11) is 0. The standard InChI is InChI=1S/C25H26FN5O4/c1-15-7-18(3-5-20(15)25(34)35)11-31(13-23(27)32)12-19-9-22(30-14-29-19)24(33)28-10-17-4-6-21(26)16(2)8-17/h3-9,14H,10-13H2,1-2H3,(H2,27,32)(H,28,33)(H,34,35). The number of aryl methyl sites for hydroxylation is 2. The summed E-state index contributed by atoms with van der Waals surface area (Å²) in [5.74, 6) is -2.28. The number of nitrogens with two attached hydrogens (primary N) is 1. The van der Waals surface area contributed by atoms with Crippen LogP contribution in [0.15, 0.2) is 48.8 Å². The van der Waals surface area contributed by atoms with E-state index in [0.29, 0.717) is 23.4 Å².